The van der Waals surface area contributed by atoms with E-state index in [1.165, 1.54) is 11.1 Å². The number of benzene rings is 1. The second kappa shape index (κ2) is 8.10. The molecule has 4 nitrogen and oxygen atoms in total. The average molecular weight is 366 g/mol. The molecule has 2 aromatic rings. The van der Waals surface area contributed by atoms with E-state index in [1.54, 1.807) is 16.2 Å². The summed E-state index contributed by atoms with van der Waals surface area (Å²) in [5.74, 6) is 0.574. The molecule has 1 aliphatic rings. The lowest BCUT2D eigenvalue weighted by atomic mass is 9.95. The Balaban J connectivity index is 0.00000208. The van der Waals surface area contributed by atoms with Gasteiger partial charge in [-0.1, -0.05) is 38.1 Å². The zero-order valence-electron chi connectivity index (χ0n) is 14.3. The maximum Gasteiger partial charge on any atom is 0.240 e. The fraction of sp³-hybridized carbons (Fsp3) is 0.444. The summed E-state index contributed by atoms with van der Waals surface area (Å²) in [4.78, 5) is 19.1. The molecule has 3 rings (SSSR count). The lowest BCUT2D eigenvalue weighted by Crippen LogP contribution is -2.48. The largest absolute Gasteiger partial charge is 0.338 e. The van der Waals surface area contributed by atoms with Crippen molar-refractivity contribution in [3.8, 4) is 0 Å². The van der Waals surface area contributed by atoms with E-state index in [0.717, 1.165) is 23.7 Å². The maximum absolute atomic E-state index is 12.7. The highest BCUT2D eigenvalue weighted by Crippen LogP contribution is 2.21. The quantitative estimate of drug-likeness (QED) is 0.903. The number of fused-ring (bicyclic) bond motifs is 1. The molecule has 0 radical (unpaired) electrons. The van der Waals surface area contributed by atoms with Crippen LogP contribution < -0.4 is 5.32 Å². The molecular weight excluding hydrogens is 342 g/mol. The van der Waals surface area contributed by atoms with Gasteiger partial charge < -0.3 is 10.2 Å². The summed E-state index contributed by atoms with van der Waals surface area (Å²) < 4.78 is 0. The Bertz CT molecular complexity index is 701. The van der Waals surface area contributed by atoms with Crippen LogP contribution in [0, 0.1) is 0 Å². The molecule has 0 saturated heterocycles. The van der Waals surface area contributed by atoms with Crippen molar-refractivity contribution in [2.24, 2.45) is 0 Å². The van der Waals surface area contributed by atoms with Crippen LogP contribution >= 0.6 is 23.7 Å². The van der Waals surface area contributed by atoms with E-state index in [1.807, 2.05) is 19.2 Å². The average Bonchev–Trinajstić information content (AvgIpc) is 3.02. The summed E-state index contributed by atoms with van der Waals surface area (Å²) >= 11 is 1.67. The minimum Gasteiger partial charge on any atom is -0.338 e. The van der Waals surface area contributed by atoms with E-state index < -0.39 is 0 Å². The third kappa shape index (κ3) is 4.15. The Hall–Kier alpha value is -1.43. The van der Waals surface area contributed by atoms with Crippen LogP contribution in [-0.2, 0) is 24.3 Å². The molecular formula is C18H24ClN3OS. The molecule has 1 N–H and O–H groups in total. The van der Waals surface area contributed by atoms with Gasteiger partial charge in [0.25, 0.3) is 0 Å². The first-order valence-electron chi connectivity index (χ1n) is 8.04. The summed E-state index contributed by atoms with van der Waals surface area (Å²) in [5.41, 5.74) is 3.54. The van der Waals surface area contributed by atoms with Crippen LogP contribution in [0.25, 0.3) is 0 Å². The van der Waals surface area contributed by atoms with Gasteiger partial charge in [0.1, 0.15) is 0 Å². The van der Waals surface area contributed by atoms with Crippen molar-refractivity contribution < 1.29 is 4.79 Å². The third-order valence-corrected chi connectivity index (χ3v) is 5.41. The summed E-state index contributed by atoms with van der Waals surface area (Å²) in [5, 5.41) is 6.54. The summed E-state index contributed by atoms with van der Waals surface area (Å²) in [6, 6.07) is 8.18. The van der Waals surface area contributed by atoms with Gasteiger partial charge in [0.05, 0.1) is 23.3 Å². The van der Waals surface area contributed by atoms with Crippen molar-refractivity contribution >= 4 is 29.7 Å². The van der Waals surface area contributed by atoms with Gasteiger partial charge in [0, 0.05) is 24.9 Å². The first-order chi connectivity index (χ1) is 11.0. The van der Waals surface area contributed by atoms with E-state index in [9.17, 15) is 4.79 Å². The van der Waals surface area contributed by atoms with Crippen LogP contribution in [0.4, 0.5) is 0 Å². The minimum absolute atomic E-state index is 0. The summed E-state index contributed by atoms with van der Waals surface area (Å²) in [6.45, 7) is 5.61. The number of aromatic nitrogens is 1. The van der Waals surface area contributed by atoms with Gasteiger partial charge in [0.15, 0.2) is 0 Å². The van der Waals surface area contributed by atoms with Crippen molar-refractivity contribution in [3.05, 3.63) is 51.5 Å². The van der Waals surface area contributed by atoms with Gasteiger partial charge in [-0.2, -0.15) is 0 Å². The van der Waals surface area contributed by atoms with Crippen molar-refractivity contribution in [1.82, 2.24) is 15.2 Å². The number of hydrogen-bond acceptors (Lipinski definition) is 4. The summed E-state index contributed by atoms with van der Waals surface area (Å²) in [7, 11) is 1.86. The minimum atomic E-state index is -0.141. The summed E-state index contributed by atoms with van der Waals surface area (Å²) in [6.07, 6.45) is 0.758. The zero-order chi connectivity index (χ0) is 16.4. The van der Waals surface area contributed by atoms with E-state index in [0.29, 0.717) is 12.5 Å². The van der Waals surface area contributed by atoms with Gasteiger partial charge in [-0.05, 0) is 17.5 Å². The highest BCUT2D eigenvalue weighted by molar-refractivity contribution is 7.09. The number of carbonyl (C=O) groups excluding carboxylic acids is 1. The number of halogens is 1. The van der Waals surface area contributed by atoms with Crippen LogP contribution in [0.2, 0.25) is 0 Å². The number of nitrogens with zero attached hydrogens (tertiary/aromatic N) is 2. The molecule has 0 saturated carbocycles. The Morgan fingerprint density at radius 1 is 1.38 bits per heavy atom. The standard InChI is InChI=1S/C18H23N3OS.ClH/c1-12(2)17-20-15(11-23-17)10-21(3)18(22)16-8-13-6-4-5-7-14(13)9-19-16;/h4-7,11-12,16,19H,8-10H2,1-3H3;1H/t16-;/m1./s1. The number of hydrogen-bond donors (Lipinski definition) is 1. The van der Waals surface area contributed by atoms with Gasteiger partial charge in [-0.15, -0.1) is 23.7 Å². The van der Waals surface area contributed by atoms with Gasteiger partial charge in [-0.3, -0.25) is 4.79 Å². The third-order valence-electron chi connectivity index (χ3n) is 4.22. The molecule has 130 valence electrons. The van der Waals surface area contributed by atoms with Crippen LogP contribution in [-0.4, -0.2) is 28.9 Å². The first-order valence-corrected chi connectivity index (χ1v) is 8.92. The Labute approximate surface area is 153 Å². The van der Waals surface area contributed by atoms with Crippen LogP contribution in [0.15, 0.2) is 29.6 Å². The van der Waals surface area contributed by atoms with Gasteiger partial charge in [-0.25, -0.2) is 4.98 Å². The van der Waals surface area contributed by atoms with Crippen LogP contribution in [0.1, 0.15) is 41.6 Å². The van der Waals surface area contributed by atoms with Crippen LogP contribution in [0.5, 0.6) is 0 Å². The molecule has 1 atom stereocenters. The number of rotatable bonds is 4. The second-order valence-electron chi connectivity index (χ2n) is 6.43. The normalized spacial score (nSPS) is 16.4. The molecule has 1 amide bonds. The molecule has 1 aromatic heterocycles. The maximum atomic E-state index is 12.7. The van der Waals surface area contributed by atoms with Gasteiger partial charge >= 0.3 is 0 Å². The SMILES string of the molecule is CC(C)c1nc(CN(C)C(=O)[C@H]2Cc3ccccc3CN2)cs1.Cl. The molecule has 6 heteroatoms. The van der Waals surface area contributed by atoms with Crippen LogP contribution in [0.3, 0.4) is 0 Å². The number of nitrogens with one attached hydrogen (secondary N) is 1. The fourth-order valence-electron chi connectivity index (χ4n) is 2.88. The second-order valence-corrected chi connectivity index (χ2v) is 7.32. The van der Waals surface area contributed by atoms with E-state index in [-0.39, 0.29) is 24.4 Å². The van der Waals surface area contributed by atoms with E-state index in [2.05, 4.69) is 41.7 Å². The first kappa shape index (κ1) is 18.9. The fourth-order valence-corrected chi connectivity index (χ4v) is 3.70. The highest BCUT2D eigenvalue weighted by Gasteiger charge is 2.26. The zero-order valence-corrected chi connectivity index (χ0v) is 15.9. The monoisotopic (exact) mass is 365 g/mol. The topological polar surface area (TPSA) is 45.2 Å². The Kier molecular flexibility index (Phi) is 6.38. The molecule has 1 aliphatic heterocycles. The lowest BCUT2D eigenvalue weighted by Gasteiger charge is -2.28. The Morgan fingerprint density at radius 2 is 2.08 bits per heavy atom. The molecule has 0 unspecified atom stereocenters. The van der Waals surface area contributed by atoms with Crippen molar-refractivity contribution in [2.75, 3.05) is 7.05 Å². The molecule has 0 bridgehead atoms. The number of likely N-dealkylation sites (N-methyl/N-ethyl adjacent to an activating group) is 1. The number of thiazole rings is 1. The predicted octanol–water partition coefficient (Wildman–Crippen LogP) is 3.36. The van der Waals surface area contributed by atoms with E-state index >= 15 is 0 Å². The molecule has 0 aliphatic carbocycles. The number of amides is 1. The molecule has 2 heterocycles. The van der Waals surface area contributed by atoms with Crippen molar-refractivity contribution in [2.45, 2.75) is 45.3 Å². The smallest absolute Gasteiger partial charge is 0.240 e. The molecule has 24 heavy (non-hydrogen) atoms. The van der Waals surface area contributed by atoms with Gasteiger partial charge in [0.2, 0.25) is 5.91 Å². The highest BCUT2D eigenvalue weighted by atomic mass is 35.5. The number of carbonyl (C=O) groups is 1. The molecule has 1 aromatic carbocycles. The van der Waals surface area contributed by atoms with Crippen molar-refractivity contribution in [3.63, 3.8) is 0 Å². The lowest BCUT2D eigenvalue weighted by molar-refractivity contribution is -0.132. The molecule has 0 spiro atoms. The van der Waals surface area contributed by atoms with E-state index in [4.69, 9.17) is 0 Å². The predicted molar refractivity (Wildman–Crippen MR) is 101 cm³/mol. The van der Waals surface area contributed by atoms with Crippen molar-refractivity contribution in [1.29, 1.82) is 0 Å². The molecule has 0 fully saturated rings. The Morgan fingerprint density at radius 3 is 2.75 bits per heavy atom.